The predicted molar refractivity (Wildman–Crippen MR) is 165 cm³/mol. The molecule has 0 radical (unpaired) electrons. The summed E-state index contributed by atoms with van der Waals surface area (Å²) in [5.74, 6) is 1.09. The topological polar surface area (TPSA) is 133 Å². The summed E-state index contributed by atoms with van der Waals surface area (Å²) < 4.78 is 26.0. The summed E-state index contributed by atoms with van der Waals surface area (Å²) in [6.07, 6.45) is 3.75. The summed E-state index contributed by atoms with van der Waals surface area (Å²) in [7, 11) is 3.13. The number of para-hydroxylation sites is 1. The van der Waals surface area contributed by atoms with Crippen LogP contribution in [0.25, 0.3) is 0 Å². The Hall–Kier alpha value is -3.54. The summed E-state index contributed by atoms with van der Waals surface area (Å²) in [4.78, 5) is 31.6. The molecule has 1 saturated heterocycles. The van der Waals surface area contributed by atoms with Crippen LogP contribution in [-0.2, 0) is 29.3 Å². The lowest BCUT2D eigenvalue weighted by molar-refractivity contribution is -0.114. The van der Waals surface area contributed by atoms with Gasteiger partial charge < -0.3 is 30.0 Å². The molecule has 0 spiro atoms. The van der Waals surface area contributed by atoms with Gasteiger partial charge >= 0.3 is 0 Å². The smallest absolute Gasteiger partial charge is 0.269 e. The number of nitrogens with one attached hydrogen (secondary N) is 1. The molecule has 2 fully saturated rings. The highest BCUT2D eigenvalue weighted by atomic mass is 32.2. The van der Waals surface area contributed by atoms with Gasteiger partial charge in [-0.25, -0.2) is 0 Å². The second-order valence-corrected chi connectivity index (χ2v) is 12.7. The number of rotatable bonds is 12. The molecule has 2 aromatic carbocycles. The number of carbonyl (C=O) groups is 2. The molecule has 4 rings (SSSR count). The Morgan fingerprint density at radius 1 is 1.14 bits per heavy atom. The predicted octanol–water partition coefficient (Wildman–Crippen LogP) is 3.04. The molecule has 1 unspecified atom stereocenters. The van der Waals surface area contributed by atoms with Gasteiger partial charge in [-0.3, -0.25) is 14.6 Å². The summed E-state index contributed by atoms with van der Waals surface area (Å²) in [5.41, 5.74) is 9.30. The van der Waals surface area contributed by atoms with Crippen LogP contribution in [0, 0.1) is 5.92 Å². The fraction of sp³-hybridized carbons (Fsp3) is 0.452. The number of hydrogen-bond acceptors (Lipinski definition) is 8. The van der Waals surface area contributed by atoms with E-state index in [0.29, 0.717) is 54.9 Å². The number of methoxy groups -OCH3 is 1. The first kappa shape index (κ1) is 31.4. The molecule has 2 aliphatic rings. The molecular formula is C31H41N5O5S. The van der Waals surface area contributed by atoms with Crippen molar-refractivity contribution in [3.8, 4) is 11.5 Å². The van der Waals surface area contributed by atoms with Gasteiger partial charge in [0.2, 0.25) is 0 Å². The van der Waals surface area contributed by atoms with Crippen LogP contribution < -0.4 is 20.5 Å². The third-order valence-corrected chi connectivity index (χ3v) is 8.99. The van der Waals surface area contributed by atoms with Gasteiger partial charge in [0, 0.05) is 54.9 Å². The van der Waals surface area contributed by atoms with E-state index in [4.69, 9.17) is 15.2 Å². The summed E-state index contributed by atoms with van der Waals surface area (Å²) >= 11 is -1.02. The van der Waals surface area contributed by atoms with Crippen LogP contribution in [0.1, 0.15) is 48.2 Å². The van der Waals surface area contributed by atoms with E-state index >= 15 is 0 Å². The van der Waals surface area contributed by atoms with Crippen molar-refractivity contribution in [3.63, 3.8) is 0 Å². The van der Waals surface area contributed by atoms with Gasteiger partial charge in [0.1, 0.15) is 17.6 Å². The van der Waals surface area contributed by atoms with Gasteiger partial charge in [0.15, 0.2) is 11.5 Å². The van der Waals surface area contributed by atoms with E-state index in [1.165, 1.54) is 0 Å². The average Bonchev–Trinajstić information content (AvgIpc) is 3.87. The second kappa shape index (κ2) is 14.6. The highest BCUT2D eigenvalue weighted by Crippen LogP contribution is 2.34. The zero-order valence-electron chi connectivity index (χ0n) is 24.8. The number of nitrogens with zero attached hydrogens (tertiary/aromatic N) is 3. The normalized spacial score (nSPS) is 17.2. The molecule has 1 saturated carbocycles. The highest BCUT2D eigenvalue weighted by Gasteiger charge is 2.30. The number of nitrogens with two attached hydrogens (primary N) is 1. The quantitative estimate of drug-likeness (QED) is 0.285. The van der Waals surface area contributed by atoms with Crippen molar-refractivity contribution in [3.05, 3.63) is 70.9 Å². The number of allylic oxidation sites excluding steroid dienone is 1. The van der Waals surface area contributed by atoms with Crippen molar-refractivity contribution in [1.82, 2.24) is 14.5 Å². The van der Waals surface area contributed by atoms with Gasteiger partial charge in [-0.1, -0.05) is 24.3 Å². The molecule has 1 aliphatic heterocycles. The van der Waals surface area contributed by atoms with Crippen LogP contribution in [0.3, 0.4) is 0 Å². The van der Waals surface area contributed by atoms with Gasteiger partial charge in [-0.05, 0) is 62.4 Å². The van der Waals surface area contributed by atoms with Crippen molar-refractivity contribution in [1.29, 1.82) is 0 Å². The molecule has 1 aliphatic carbocycles. The van der Waals surface area contributed by atoms with E-state index in [0.717, 1.165) is 24.0 Å². The Kier molecular flexibility index (Phi) is 10.9. The minimum absolute atomic E-state index is 0.0316. The molecule has 0 aromatic heterocycles. The van der Waals surface area contributed by atoms with Crippen molar-refractivity contribution in [2.24, 2.45) is 16.6 Å². The Balaban J connectivity index is 1.31. The molecule has 2 amide bonds. The number of ether oxygens (including phenoxy) is 2. The van der Waals surface area contributed by atoms with Crippen molar-refractivity contribution >= 4 is 28.9 Å². The number of hydrogen-bond donors (Lipinski definition) is 2. The van der Waals surface area contributed by atoms with Crippen molar-refractivity contribution in [2.75, 3.05) is 40.3 Å². The number of carbonyl (C=O) groups excluding carboxylic acids is 2. The van der Waals surface area contributed by atoms with Crippen LogP contribution in [-0.4, -0.2) is 76.9 Å². The maximum atomic E-state index is 13.0. The van der Waals surface area contributed by atoms with Crippen molar-refractivity contribution < 1.29 is 23.6 Å². The zero-order chi connectivity index (χ0) is 30.2. The van der Waals surface area contributed by atoms with Crippen LogP contribution in [0.15, 0.2) is 59.2 Å². The lowest BCUT2D eigenvalue weighted by Gasteiger charge is -2.35. The standard InChI is InChI=1S/C31H41N5O5S/c1-21(2)42(39)36-16-14-35(15-17-36)31(38)24-10-8-22(9-11-24)20-41-28-7-5-6-25(29(28)40-4)19-34-30(37)27(33-3)18-26(32)23-12-13-23/h5-11,18,21,23H,12-17,19-20,32H2,1-4H3,(H,34,37). The third-order valence-electron chi connectivity index (χ3n) is 7.31. The maximum absolute atomic E-state index is 13.0. The van der Waals surface area contributed by atoms with Crippen molar-refractivity contribution in [2.45, 2.75) is 45.1 Å². The lowest BCUT2D eigenvalue weighted by atomic mass is 10.1. The van der Waals surface area contributed by atoms with Gasteiger partial charge in [0.25, 0.3) is 11.8 Å². The highest BCUT2D eigenvalue weighted by molar-refractivity contribution is 7.89. The van der Waals surface area contributed by atoms with Crippen LogP contribution >= 0.6 is 0 Å². The van der Waals surface area contributed by atoms with E-state index in [2.05, 4.69) is 10.3 Å². The molecule has 10 nitrogen and oxygen atoms in total. The fourth-order valence-corrected chi connectivity index (χ4v) is 5.81. The molecule has 1 heterocycles. The zero-order valence-corrected chi connectivity index (χ0v) is 25.6. The molecule has 2 aromatic rings. The van der Waals surface area contributed by atoms with Gasteiger partial charge in [-0.2, -0.15) is 0 Å². The largest absolute Gasteiger partial charge is 0.598 e. The molecule has 226 valence electrons. The molecule has 0 bridgehead atoms. The van der Waals surface area contributed by atoms with E-state index < -0.39 is 11.4 Å². The minimum atomic E-state index is -1.02. The molecular weight excluding hydrogens is 554 g/mol. The fourth-order valence-electron chi connectivity index (χ4n) is 4.69. The third kappa shape index (κ3) is 8.05. The number of benzene rings is 2. The molecule has 42 heavy (non-hydrogen) atoms. The van der Waals surface area contributed by atoms with Gasteiger partial charge in [0.05, 0.1) is 20.2 Å². The first-order valence-corrected chi connectivity index (χ1v) is 15.4. The minimum Gasteiger partial charge on any atom is -0.598 e. The number of aliphatic imine (C=N–C) groups is 1. The van der Waals surface area contributed by atoms with E-state index in [9.17, 15) is 14.1 Å². The summed E-state index contributed by atoms with van der Waals surface area (Å²) in [6, 6.07) is 12.9. The van der Waals surface area contributed by atoms with E-state index in [1.807, 2.05) is 53.4 Å². The SMILES string of the molecule is CN=C(C=C(N)C1CC1)C(=O)NCc1cccc(OCc2ccc(C(=O)N3CCN([S+]([O-])C(C)C)CC3)cc2)c1OC. The monoisotopic (exact) mass is 595 g/mol. The molecule has 3 N–H and O–H groups in total. The van der Waals surface area contributed by atoms with Crippen LogP contribution in [0.2, 0.25) is 0 Å². The number of piperazine rings is 1. The number of amides is 2. The Bertz CT molecular complexity index is 1300. The second-order valence-electron chi connectivity index (χ2n) is 10.7. The molecule has 1 atom stereocenters. The van der Waals surface area contributed by atoms with Crippen LogP contribution in [0.5, 0.6) is 11.5 Å². The average molecular weight is 596 g/mol. The first-order chi connectivity index (χ1) is 20.2. The summed E-state index contributed by atoms with van der Waals surface area (Å²) in [5, 5.41) is 2.96. The van der Waals surface area contributed by atoms with E-state index in [-0.39, 0.29) is 35.9 Å². The van der Waals surface area contributed by atoms with Crippen LogP contribution in [0.4, 0.5) is 0 Å². The lowest BCUT2D eigenvalue weighted by Crippen LogP contribution is -2.51. The summed E-state index contributed by atoms with van der Waals surface area (Å²) in [6.45, 7) is 6.70. The first-order valence-electron chi connectivity index (χ1n) is 14.3. The maximum Gasteiger partial charge on any atom is 0.269 e. The van der Waals surface area contributed by atoms with E-state index in [1.54, 1.807) is 32.4 Å². The Morgan fingerprint density at radius 2 is 1.83 bits per heavy atom. The Labute approximate surface area is 251 Å². The Morgan fingerprint density at radius 3 is 2.43 bits per heavy atom. The molecule has 11 heteroatoms. The van der Waals surface area contributed by atoms with Gasteiger partial charge in [-0.15, -0.1) is 4.31 Å².